The fourth-order valence-electron chi connectivity index (χ4n) is 3.72. The Bertz CT molecular complexity index is 704. The van der Waals surface area contributed by atoms with Crippen LogP contribution in [-0.4, -0.2) is 22.5 Å². The normalized spacial score (nSPS) is 23.2. The van der Waals surface area contributed by atoms with Crippen molar-refractivity contribution in [1.29, 1.82) is 0 Å². The van der Waals surface area contributed by atoms with Crippen LogP contribution in [0.1, 0.15) is 42.0 Å². The molecule has 23 heavy (non-hydrogen) atoms. The highest BCUT2D eigenvalue weighted by molar-refractivity contribution is 5.77. The van der Waals surface area contributed by atoms with Gasteiger partial charge in [-0.1, -0.05) is 35.5 Å². The van der Waals surface area contributed by atoms with Gasteiger partial charge in [-0.15, -0.1) is 0 Å². The van der Waals surface area contributed by atoms with Gasteiger partial charge in [-0.25, -0.2) is 0 Å². The molecule has 1 aromatic heterocycles. The van der Waals surface area contributed by atoms with E-state index in [-0.39, 0.29) is 5.91 Å². The van der Waals surface area contributed by atoms with Gasteiger partial charge in [0.15, 0.2) is 0 Å². The van der Waals surface area contributed by atoms with E-state index in [1.165, 1.54) is 5.56 Å². The van der Waals surface area contributed by atoms with E-state index in [0.717, 1.165) is 30.5 Å². The van der Waals surface area contributed by atoms with Crippen LogP contribution in [0.25, 0.3) is 0 Å². The average molecular weight is 311 g/mol. The van der Waals surface area contributed by atoms with Gasteiger partial charge in [0.1, 0.15) is 0 Å². The summed E-state index contributed by atoms with van der Waals surface area (Å²) in [5, 5.41) is 3.94. The molecule has 1 fully saturated rings. The maximum Gasteiger partial charge on any atom is 0.227 e. The van der Waals surface area contributed by atoms with Gasteiger partial charge in [0.25, 0.3) is 0 Å². The Morgan fingerprint density at radius 3 is 2.87 bits per heavy atom. The van der Waals surface area contributed by atoms with Crippen molar-refractivity contribution in [2.24, 2.45) is 5.92 Å². The second-order valence-corrected chi connectivity index (χ2v) is 6.69. The summed E-state index contributed by atoms with van der Waals surface area (Å²) in [6.07, 6.45) is 3.61. The summed E-state index contributed by atoms with van der Waals surface area (Å²) >= 11 is 0. The van der Waals surface area contributed by atoms with Crippen molar-refractivity contribution in [3.05, 3.63) is 47.2 Å². The number of hydrogen-bond donors (Lipinski definition) is 1. The molecular weight excluding hydrogens is 290 g/mol. The van der Waals surface area contributed by atoms with Gasteiger partial charge in [-0.3, -0.25) is 4.79 Å². The number of fused-ring (bicyclic) bond motifs is 1. The van der Waals surface area contributed by atoms with Crippen LogP contribution < -0.4 is 5.73 Å². The number of carbonyl (C=O) groups excluding carboxylic acids is 1. The van der Waals surface area contributed by atoms with Gasteiger partial charge in [-0.2, -0.15) is 0 Å². The maximum absolute atomic E-state index is 12.5. The summed E-state index contributed by atoms with van der Waals surface area (Å²) in [4.78, 5) is 14.4. The molecule has 2 heterocycles. The van der Waals surface area contributed by atoms with Gasteiger partial charge in [0.05, 0.1) is 17.8 Å². The third kappa shape index (κ3) is 2.71. The summed E-state index contributed by atoms with van der Waals surface area (Å²) in [5.74, 6) is 1.71. The molecule has 1 saturated carbocycles. The number of carbonyl (C=O) groups is 1. The highest BCUT2D eigenvalue weighted by Gasteiger charge is 2.34. The summed E-state index contributed by atoms with van der Waals surface area (Å²) in [6, 6.07) is 10.6. The minimum atomic E-state index is 0.229. The lowest BCUT2D eigenvalue weighted by molar-refractivity contribution is -0.133. The van der Waals surface area contributed by atoms with Crippen LogP contribution in [0.15, 0.2) is 34.9 Å². The molecule has 2 aromatic rings. The van der Waals surface area contributed by atoms with Gasteiger partial charge in [-0.05, 0) is 30.2 Å². The Morgan fingerprint density at radius 1 is 1.30 bits per heavy atom. The van der Waals surface area contributed by atoms with Crippen molar-refractivity contribution < 1.29 is 9.32 Å². The Labute approximate surface area is 135 Å². The first-order valence-corrected chi connectivity index (χ1v) is 8.26. The van der Waals surface area contributed by atoms with Gasteiger partial charge in [0.2, 0.25) is 11.8 Å². The van der Waals surface area contributed by atoms with Crippen LogP contribution >= 0.6 is 0 Å². The topological polar surface area (TPSA) is 72.4 Å². The van der Waals surface area contributed by atoms with Crippen molar-refractivity contribution in [3.8, 4) is 0 Å². The summed E-state index contributed by atoms with van der Waals surface area (Å²) in [5.41, 5.74) is 8.97. The smallest absolute Gasteiger partial charge is 0.227 e. The number of hydrogen-bond acceptors (Lipinski definition) is 4. The first-order valence-electron chi connectivity index (χ1n) is 8.26. The highest BCUT2D eigenvalue weighted by Crippen LogP contribution is 2.43. The zero-order chi connectivity index (χ0) is 15.8. The number of rotatable bonds is 3. The van der Waals surface area contributed by atoms with Crippen molar-refractivity contribution in [2.45, 2.75) is 38.1 Å². The summed E-state index contributed by atoms with van der Waals surface area (Å²) in [6.45, 7) is 1.25. The third-order valence-corrected chi connectivity index (χ3v) is 5.19. The zero-order valence-corrected chi connectivity index (χ0v) is 13.1. The van der Waals surface area contributed by atoms with E-state index in [1.807, 2.05) is 11.0 Å². The van der Waals surface area contributed by atoms with Crippen LogP contribution in [0.2, 0.25) is 0 Å². The second-order valence-electron chi connectivity index (χ2n) is 6.69. The lowest BCUT2D eigenvalue weighted by atomic mass is 9.70. The van der Waals surface area contributed by atoms with Crippen LogP contribution in [-0.2, 0) is 17.8 Å². The van der Waals surface area contributed by atoms with Crippen molar-refractivity contribution in [2.75, 3.05) is 12.3 Å². The first-order chi connectivity index (χ1) is 11.2. The molecule has 1 aliphatic carbocycles. The monoisotopic (exact) mass is 311 g/mol. The van der Waals surface area contributed by atoms with E-state index < -0.39 is 0 Å². The number of benzene rings is 1. The summed E-state index contributed by atoms with van der Waals surface area (Å²) in [7, 11) is 0. The van der Waals surface area contributed by atoms with E-state index in [9.17, 15) is 4.79 Å². The predicted molar refractivity (Wildman–Crippen MR) is 86.6 cm³/mol. The number of nitrogens with zero attached hydrogens (tertiary/aromatic N) is 2. The third-order valence-electron chi connectivity index (χ3n) is 5.19. The molecule has 0 unspecified atom stereocenters. The second kappa shape index (κ2) is 5.72. The zero-order valence-electron chi connectivity index (χ0n) is 13.1. The molecule has 1 aromatic carbocycles. The van der Waals surface area contributed by atoms with E-state index >= 15 is 0 Å². The number of nitrogens with two attached hydrogens (primary N) is 1. The van der Waals surface area contributed by atoms with E-state index in [1.54, 1.807) is 0 Å². The van der Waals surface area contributed by atoms with Crippen molar-refractivity contribution in [1.82, 2.24) is 10.1 Å². The van der Waals surface area contributed by atoms with E-state index in [0.29, 0.717) is 37.2 Å². The van der Waals surface area contributed by atoms with Crippen LogP contribution in [0.3, 0.4) is 0 Å². The van der Waals surface area contributed by atoms with Crippen LogP contribution in [0.5, 0.6) is 0 Å². The van der Waals surface area contributed by atoms with E-state index in [2.05, 4.69) is 29.4 Å². The van der Waals surface area contributed by atoms with E-state index in [4.69, 9.17) is 10.3 Å². The fourth-order valence-corrected chi connectivity index (χ4v) is 3.72. The Morgan fingerprint density at radius 2 is 2.09 bits per heavy atom. The molecule has 0 spiro atoms. The summed E-state index contributed by atoms with van der Waals surface area (Å²) < 4.78 is 5.01. The maximum atomic E-state index is 12.5. The molecule has 0 bridgehead atoms. The SMILES string of the molecule is Nc1onc2c1CN(C(=O)CC1CC(c3ccccc3)C1)CC2. The van der Waals surface area contributed by atoms with Crippen LogP contribution in [0, 0.1) is 5.92 Å². The van der Waals surface area contributed by atoms with Crippen LogP contribution in [0.4, 0.5) is 5.88 Å². The predicted octanol–water partition coefficient (Wildman–Crippen LogP) is 2.73. The molecule has 120 valence electrons. The number of aromatic nitrogens is 1. The molecule has 2 aliphatic rings. The Kier molecular flexibility index (Phi) is 3.56. The standard InChI is InChI=1S/C18H21N3O2/c19-18-15-11-21(7-6-16(15)20-23-18)17(22)10-12-8-14(9-12)13-4-2-1-3-5-13/h1-5,12,14H,6-11,19H2. The molecule has 2 N–H and O–H groups in total. The molecule has 0 radical (unpaired) electrons. The quantitative estimate of drug-likeness (QED) is 0.946. The molecule has 4 rings (SSSR count). The van der Waals surface area contributed by atoms with Gasteiger partial charge >= 0.3 is 0 Å². The number of amides is 1. The first kappa shape index (κ1) is 14.3. The average Bonchev–Trinajstić information content (AvgIpc) is 2.92. The molecule has 0 atom stereocenters. The van der Waals surface area contributed by atoms with Crippen molar-refractivity contribution in [3.63, 3.8) is 0 Å². The van der Waals surface area contributed by atoms with Gasteiger partial charge in [0, 0.05) is 19.4 Å². The Hall–Kier alpha value is -2.30. The molecule has 1 aliphatic heterocycles. The Balaban J connectivity index is 1.31. The fraction of sp³-hybridized carbons (Fsp3) is 0.444. The molecule has 0 saturated heterocycles. The van der Waals surface area contributed by atoms with Crippen molar-refractivity contribution >= 4 is 11.8 Å². The minimum absolute atomic E-state index is 0.229. The molecule has 1 amide bonds. The highest BCUT2D eigenvalue weighted by atomic mass is 16.5. The minimum Gasteiger partial charge on any atom is -0.367 e. The molecule has 5 nitrogen and oxygen atoms in total. The van der Waals surface area contributed by atoms with Gasteiger partial charge < -0.3 is 15.2 Å². The number of anilines is 1. The molecule has 5 heteroatoms. The molecular formula is C18H21N3O2. The lowest BCUT2D eigenvalue weighted by Crippen LogP contribution is -2.38. The largest absolute Gasteiger partial charge is 0.367 e. The number of nitrogen functional groups attached to an aromatic ring is 1. The lowest BCUT2D eigenvalue weighted by Gasteiger charge is -2.37.